The molecule has 0 aliphatic rings. The quantitative estimate of drug-likeness (QED) is 0.886. The van der Waals surface area contributed by atoms with Crippen molar-refractivity contribution in [2.24, 2.45) is 5.73 Å². The Kier molecular flexibility index (Phi) is 5.12. The summed E-state index contributed by atoms with van der Waals surface area (Å²) >= 11 is 0. The van der Waals surface area contributed by atoms with Crippen LogP contribution in [0.5, 0.6) is 0 Å². The smallest absolute Gasteiger partial charge is 0.237 e. The zero-order valence-electron chi connectivity index (χ0n) is 12.5. The number of hydrogen-bond acceptors (Lipinski definition) is 2. The van der Waals surface area contributed by atoms with Crippen molar-refractivity contribution in [3.63, 3.8) is 0 Å². The highest BCUT2D eigenvalue weighted by Crippen LogP contribution is 2.13. The number of nitrogens with two attached hydrogens (primary N) is 1. The third-order valence-corrected chi connectivity index (χ3v) is 3.57. The molecule has 2 unspecified atom stereocenters. The highest BCUT2D eigenvalue weighted by Gasteiger charge is 2.16. The molecule has 2 rings (SSSR count). The summed E-state index contributed by atoms with van der Waals surface area (Å²) in [6.07, 6.45) is 0.549. The summed E-state index contributed by atoms with van der Waals surface area (Å²) in [6, 6.07) is 17.4. The van der Waals surface area contributed by atoms with Crippen LogP contribution in [0.1, 0.15) is 29.7 Å². The molecule has 0 heterocycles. The second kappa shape index (κ2) is 7.04. The van der Waals surface area contributed by atoms with Crippen molar-refractivity contribution in [2.75, 3.05) is 0 Å². The number of carbonyl (C=O) groups is 1. The van der Waals surface area contributed by atoms with Gasteiger partial charge < -0.3 is 11.1 Å². The summed E-state index contributed by atoms with van der Waals surface area (Å²) < 4.78 is 0. The lowest BCUT2D eigenvalue weighted by molar-refractivity contribution is -0.123. The number of hydrogen-bond donors (Lipinski definition) is 2. The third-order valence-electron chi connectivity index (χ3n) is 3.57. The standard InChI is InChI=1S/C18H22N2O/c1-13-8-10-16(11-9-13)14(2)20-18(21)17(19)12-15-6-4-3-5-7-15/h3-11,14,17H,12,19H2,1-2H3,(H,20,21). The minimum Gasteiger partial charge on any atom is -0.348 e. The van der Waals surface area contributed by atoms with Crippen LogP contribution in [-0.4, -0.2) is 11.9 Å². The molecule has 2 aromatic carbocycles. The van der Waals surface area contributed by atoms with E-state index in [0.29, 0.717) is 6.42 Å². The molecule has 0 saturated heterocycles. The first-order valence-electron chi connectivity index (χ1n) is 7.22. The van der Waals surface area contributed by atoms with Crippen LogP contribution in [0.4, 0.5) is 0 Å². The van der Waals surface area contributed by atoms with Gasteiger partial charge in [-0.1, -0.05) is 60.2 Å². The molecule has 0 saturated carbocycles. The fourth-order valence-corrected chi connectivity index (χ4v) is 2.22. The molecular weight excluding hydrogens is 260 g/mol. The molecule has 2 aromatic rings. The summed E-state index contributed by atoms with van der Waals surface area (Å²) in [6.45, 7) is 4.01. The Morgan fingerprint density at radius 1 is 1.10 bits per heavy atom. The number of amides is 1. The molecule has 3 heteroatoms. The fourth-order valence-electron chi connectivity index (χ4n) is 2.22. The van der Waals surface area contributed by atoms with Crippen molar-refractivity contribution in [2.45, 2.75) is 32.4 Å². The van der Waals surface area contributed by atoms with E-state index >= 15 is 0 Å². The maximum Gasteiger partial charge on any atom is 0.237 e. The Morgan fingerprint density at radius 2 is 1.71 bits per heavy atom. The van der Waals surface area contributed by atoms with Gasteiger partial charge in [0.05, 0.1) is 12.1 Å². The average Bonchev–Trinajstić information content (AvgIpc) is 2.48. The maximum absolute atomic E-state index is 12.2. The molecule has 0 bridgehead atoms. The zero-order valence-corrected chi connectivity index (χ0v) is 12.5. The Morgan fingerprint density at radius 3 is 2.33 bits per heavy atom. The number of rotatable bonds is 5. The molecule has 0 aliphatic heterocycles. The van der Waals surface area contributed by atoms with E-state index in [1.165, 1.54) is 5.56 Å². The number of aryl methyl sites for hydroxylation is 1. The number of nitrogens with one attached hydrogen (secondary N) is 1. The van der Waals surface area contributed by atoms with Gasteiger partial charge in [-0.2, -0.15) is 0 Å². The second-order valence-corrected chi connectivity index (χ2v) is 5.44. The van der Waals surface area contributed by atoms with Gasteiger partial charge in [0.25, 0.3) is 0 Å². The van der Waals surface area contributed by atoms with Crippen LogP contribution < -0.4 is 11.1 Å². The van der Waals surface area contributed by atoms with Gasteiger partial charge in [0.15, 0.2) is 0 Å². The highest BCUT2D eigenvalue weighted by molar-refractivity contribution is 5.82. The lowest BCUT2D eigenvalue weighted by atomic mass is 10.0. The first-order valence-corrected chi connectivity index (χ1v) is 7.22. The molecule has 1 amide bonds. The van der Waals surface area contributed by atoms with Gasteiger partial charge in [-0.15, -0.1) is 0 Å². The zero-order chi connectivity index (χ0) is 15.2. The molecule has 3 nitrogen and oxygen atoms in total. The minimum absolute atomic E-state index is 0.0417. The van der Waals surface area contributed by atoms with Crippen LogP contribution in [0, 0.1) is 6.92 Å². The molecule has 2 atom stereocenters. The summed E-state index contributed by atoms with van der Waals surface area (Å²) in [5.41, 5.74) is 9.35. The van der Waals surface area contributed by atoms with Crippen molar-refractivity contribution >= 4 is 5.91 Å². The van der Waals surface area contributed by atoms with Gasteiger partial charge in [-0.05, 0) is 31.4 Å². The van der Waals surface area contributed by atoms with Crippen LogP contribution in [0.3, 0.4) is 0 Å². The molecule has 3 N–H and O–H groups in total. The van der Waals surface area contributed by atoms with Gasteiger partial charge in [-0.25, -0.2) is 0 Å². The van der Waals surface area contributed by atoms with Crippen molar-refractivity contribution in [1.29, 1.82) is 0 Å². The Labute approximate surface area is 126 Å². The summed E-state index contributed by atoms with van der Waals surface area (Å²) in [7, 11) is 0. The first kappa shape index (κ1) is 15.3. The van der Waals surface area contributed by atoms with E-state index in [-0.39, 0.29) is 11.9 Å². The Bertz CT molecular complexity index is 578. The maximum atomic E-state index is 12.2. The second-order valence-electron chi connectivity index (χ2n) is 5.44. The Hall–Kier alpha value is -2.13. The van der Waals surface area contributed by atoms with E-state index in [9.17, 15) is 4.79 Å². The summed E-state index contributed by atoms with van der Waals surface area (Å²) in [5.74, 6) is -0.119. The van der Waals surface area contributed by atoms with E-state index in [0.717, 1.165) is 11.1 Å². The van der Waals surface area contributed by atoms with E-state index < -0.39 is 6.04 Å². The summed E-state index contributed by atoms with van der Waals surface area (Å²) in [5, 5.41) is 2.97. The van der Waals surface area contributed by atoms with E-state index in [1.54, 1.807) is 0 Å². The van der Waals surface area contributed by atoms with Crippen molar-refractivity contribution < 1.29 is 4.79 Å². The van der Waals surface area contributed by atoms with Crippen LogP contribution in [0.15, 0.2) is 54.6 Å². The topological polar surface area (TPSA) is 55.1 Å². The van der Waals surface area contributed by atoms with Crippen LogP contribution >= 0.6 is 0 Å². The van der Waals surface area contributed by atoms with E-state index in [4.69, 9.17) is 5.73 Å². The highest BCUT2D eigenvalue weighted by atomic mass is 16.2. The SMILES string of the molecule is Cc1ccc(C(C)NC(=O)C(N)Cc2ccccc2)cc1. The van der Waals surface area contributed by atoms with Crippen molar-refractivity contribution in [3.8, 4) is 0 Å². The monoisotopic (exact) mass is 282 g/mol. The molecule has 0 aliphatic carbocycles. The molecular formula is C18H22N2O. The lowest BCUT2D eigenvalue weighted by Crippen LogP contribution is -2.42. The van der Waals surface area contributed by atoms with Crippen LogP contribution in [0.25, 0.3) is 0 Å². The largest absolute Gasteiger partial charge is 0.348 e. The van der Waals surface area contributed by atoms with Crippen LogP contribution in [0.2, 0.25) is 0 Å². The van der Waals surface area contributed by atoms with Crippen LogP contribution in [-0.2, 0) is 11.2 Å². The van der Waals surface area contributed by atoms with E-state index in [1.807, 2.05) is 68.4 Å². The van der Waals surface area contributed by atoms with Gasteiger partial charge >= 0.3 is 0 Å². The molecule has 0 aromatic heterocycles. The Balaban J connectivity index is 1.92. The van der Waals surface area contributed by atoms with Crippen molar-refractivity contribution in [1.82, 2.24) is 5.32 Å². The third kappa shape index (κ3) is 4.43. The predicted octanol–water partition coefficient (Wildman–Crippen LogP) is 2.74. The van der Waals surface area contributed by atoms with Crippen molar-refractivity contribution in [3.05, 3.63) is 71.3 Å². The number of benzene rings is 2. The number of carbonyl (C=O) groups excluding carboxylic acids is 1. The van der Waals surface area contributed by atoms with E-state index in [2.05, 4.69) is 5.32 Å². The van der Waals surface area contributed by atoms with Gasteiger partial charge in [-0.3, -0.25) is 4.79 Å². The normalized spacial score (nSPS) is 13.5. The fraction of sp³-hybridized carbons (Fsp3) is 0.278. The molecule has 0 spiro atoms. The minimum atomic E-state index is -0.528. The molecule has 0 radical (unpaired) electrons. The lowest BCUT2D eigenvalue weighted by Gasteiger charge is -2.18. The van der Waals surface area contributed by atoms with Gasteiger partial charge in [0.1, 0.15) is 0 Å². The van der Waals surface area contributed by atoms with Gasteiger partial charge in [0, 0.05) is 0 Å². The molecule has 21 heavy (non-hydrogen) atoms. The van der Waals surface area contributed by atoms with Gasteiger partial charge in [0.2, 0.25) is 5.91 Å². The molecule has 110 valence electrons. The average molecular weight is 282 g/mol. The summed E-state index contributed by atoms with van der Waals surface area (Å²) in [4.78, 5) is 12.2. The predicted molar refractivity (Wildman–Crippen MR) is 85.9 cm³/mol. The molecule has 0 fully saturated rings. The first-order chi connectivity index (χ1) is 10.1.